The smallest absolute Gasteiger partial charge is 0.137 e. The Morgan fingerprint density at radius 3 is 2.96 bits per heavy atom. The van der Waals surface area contributed by atoms with Crippen LogP contribution in [0.4, 0.5) is 0 Å². The summed E-state index contributed by atoms with van der Waals surface area (Å²) in [6.07, 6.45) is 7.82. The number of rotatable bonds is 4. The van der Waals surface area contributed by atoms with Gasteiger partial charge in [-0.15, -0.1) is 0 Å². The molecule has 0 radical (unpaired) electrons. The van der Waals surface area contributed by atoms with Gasteiger partial charge in [-0.25, -0.2) is 9.67 Å². The molecule has 1 unspecified atom stereocenters. The van der Waals surface area contributed by atoms with Crippen molar-refractivity contribution in [2.45, 2.75) is 39.2 Å². The summed E-state index contributed by atoms with van der Waals surface area (Å²) in [5, 5.41) is 11.5. The standard InChI is InChI=1S/C19H24N6/c1-14-9-15(2)17(18(10-14)25-8-4-6-22-25)12-24-7-3-5-16(11-24)19-20-13-21-23-19/h4,6,8-10,13,16H,3,5,7,11-12H2,1-2H3,(H,20,21,23). The minimum absolute atomic E-state index is 0.440. The van der Waals surface area contributed by atoms with Gasteiger partial charge in [0.1, 0.15) is 12.2 Å². The summed E-state index contributed by atoms with van der Waals surface area (Å²) in [6.45, 7) is 7.42. The van der Waals surface area contributed by atoms with Crippen molar-refractivity contribution in [3.05, 3.63) is 59.4 Å². The lowest BCUT2D eigenvalue weighted by Gasteiger charge is -2.32. The summed E-state index contributed by atoms with van der Waals surface area (Å²) in [4.78, 5) is 6.89. The Balaban J connectivity index is 1.60. The van der Waals surface area contributed by atoms with Gasteiger partial charge in [0, 0.05) is 31.4 Å². The highest BCUT2D eigenvalue weighted by molar-refractivity contribution is 5.48. The molecule has 1 aliphatic heterocycles. The Labute approximate surface area is 147 Å². The van der Waals surface area contributed by atoms with E-state index in [1.54, 1.807) is 6.33 Å². The highest BCUT2D eigenvalue weighted by atomic mass is 15.3. The molecule has 1 aromatic carbocycles. The van der Waals surface area contributed by atoms with Gasteiger partial charge < -0.3 is 0 Å². The van der Waals surface area contributed by atoms with E-state index < -0.39 is 0 Å². The summed E-state index contributed by atoms with van der Waals surface area (Å²) in [5.41, 5.74) is 5.13. The summed E-state index contributed by atoms with van der Waals surface area (Å²) in [6, 6.07) is 6.47. The molecule has 0 aliphatic carbocycles. The van der Waals surface area contributed by atoms with E-state index in [0.29, 0.717) is 5.92 Å². The number of aromatic amines is 1. The first-order valence-corrected chi connectivity index (χ1v) is 8.88. The van der Waals surface area contributed by atoms with Crippen LogP contribution < -0.4 is 0 Å². The molecule has 0 saturated carbocycles. The molecule has 6 heteroatoms. The number of benzene rings is 1. The Morgan fingerprint density at radius 1 is 1.28 bits per heavy atom. The average Bonchev–Trinajstić information content (AvgIpc) is 3.31. The average molecular weight is 336 g/mol. The molecule has 1 saturated heterocycles. The van der Waals surface area contributed by atoms with Crippen LogP contribution >= 0.6 is 0 Å². The number of hydrogen-bond acceptors (Lipinski definition) is 4. The molecule has 4 rings (SSSR count). The molecule has 2 aromatic heterocycles. The number of nitrogens with one attached hydrogen (secondary N) is 1. The van der Waals surface area contributed by atoms with E-state index in [4.69, 9.17) is 0 Å². The zero-order valence-electron chi connectivity index (χ0n) is 14.8. The van der Waals surface area contributed by atoms with Crippen LogP contribution in [-0.2, 0) is 6.54 Å². The largest absolute Gasteiger partial charge is 0.298 e. The van der Waals surface area contributed by atoms with Crippen LogP contribution in [0.1, 0.15) is 41.3 Å². The molecular weight excluding hydrogens is 312 g/mol. The van der Waals surface area contributed by atoms with E-state index in [9.17, 15) is 0 Å². The van der Waals surface area contributed by atoms with Crippen molar-refractivity contribution in [1.82, 2.24) is 29.9 Å². The van der Waals surface area contributed by atoms with Crippen LogP contribution in [0.25, 0.3) is 5.69 Å². The lowest BCUT2D eigenvalue weighted by Crippen LogP contribution is -2.34. The fraction of sp³-hybridized carbons (Fsp3) is 0.421. The Kier molecular flexibility index (Phi) is 4.36. The molecule has 1 aliphatic rings. The van der Waals surface area contributed by atoms with Crippen molar-refractivity contribution >= 4 is 0 Å². The Morgan fingerprint density at radius 2 is 2.20 bits per heavy atom. The molecule has 1 N–H and O–H groups in total. The predicted molar refractivity (Wildman–Crippen MR) is 96.7 cm³/mol. The maximum Gasteiger partial charge on any atom is 0.137 e. The second-order valence-corrected chi connectivity index (χ2v) is 6.98. The van der Waals surface area contributed by atoms with Crippen molar-refractivity contribution in [3.8, 4) is 5.69 Å². The van der Waals surface area contributed by atoms with E-state index in [1.807, 2.05) is 23.1 Å². The van der Waals surface area contributed by atoms with Gasteiger partial charge in [0.25, 0.3) is 0 Å². The van der Waals surface area contributed by atoms with Gasteiger partial charge in [0.2, 0.25) is 0 Å². The SMILES string of the molecule is Cc1cc(C)c(CN2CCCC(c3ncn[nH]3)C2)c(-n2cccn2)c1. The predicted octanol–water partition coefficient (Wildman–Crippen LogP) is 2.99. The van der Waals surface area contributed by atoms with E-state index in [1.165, 1.54) is 35.2 Å². The van der Waals surface area contributed by atoms with Crippen molar-refractivity contribution in [3.63, 3.8) is 0 Å². The van der Waals surface area contributed by atoms with Crippen LogP contribution in [0, 0.1) is 13.8 Å². The molecular formula is C19H24N6. The minimum atomic E-state index is 0.440. The lowest BCUT2D eigenvalue weighted by molar-refractivity contribution is 0.196. The summed E-state index contributed by atoms with van der Waals surface area (Å²) in [5.74, 6) is 1.45. The molecule has 0 bridgehead atoms. The topological polar surface area (TPSA) is 62.6 Å². The van der Waals surface area contributed by atoms with E-state index >= 15 is 0 Å². The molecule has 130 valence electrons. The summed E-state index contributed by atoms with van der Waals surface area (Å²) in [7, 11) is 0. The molecule has 6 nitrogen and oxygen atoms in total. The second kappa shape index (κ2) is 6.80. The maximum absolute atomic E-state index is 4.45. The third kappa shape index (κ3) is 3.35. The van der Waals surface area contributed by atoms with Gasteiger partial charge in [-0.05, 0) is 62.1 Å². The normalized spacial score (nSPS) is 18.6. The number of hydrogen-bond donors (Lipinski definition) is 1. The van der Waals surface area contributed by atoms with Gasteiger partial charge >= 0.3 is 0 Å². The first-order valence-electron chi connectivity index (χ1n) is 8.88. The fourth-order valence-electron chi connectivity index (χ4n) is 3.85. The van der Waals surface area contributed by atoms with Crippen LogP contribution in [0.15, 0.2) is 36.9 Å². The highest BCUT2D eigenvalue weighted by Gasteiger charge is 2.24. The van der Waals surface area contributed by atoms with Crippen LogP contribution in [0.3, 0.4) is 0 Å². The third-order valence-electron chi connectivity index (χ3n) is 5.05. The van der Waals surface area contributed by atoms with Crippen molar-refractivity contribution < 1.29 is 0 Å². The van der Waals surface area contributed by atoms with Gasteiger partial charge in [-0.3, -0.25) is 10.00 Å². The first kappa shape index (κ1) is 16.0. The fourth-order valence-corrected chi connectivity index (χ4v) is 3.85. The quantitative estimate of drug-likeness (QED) is 0.795. The molecule has 3 aromatic rings. The summed E-state index contributed by atoms with van der Waals surface area (Å²) >= 11 is 0. The highest BCUT2D eigenvalue weighted by Crippen LogP contribution is 2.28. The molecule has 1 atom stereocenters. The second-order valence-electron chi connectivity index (χ2n) is 6.98. The Hall–Kier alpha value is -2.47. The maximum atomic E-state index is 4.45. The number of aromatic nitrogens is 5. The van der Waals surface area contributed by atoms with Crippen LogP contribution in [-0.4, -0.2) is 43.0 Å². The number of likely N-dealkylation sites (tertiary alicyclic amines) is 1. The lowest BCUT2D eigenvalue weighted by atomic mass is 9.95. The van der Waals surface area contributed by atoms with E-state index in [-0.39, 0.29) is 0 Å². The zero-order valence-corrected chi connectivity index (χ0v) is 14.8. The monoisotopic (exact) mass is 336 g/mol. The minimum Gasteiger partial charge on any atom is -0.298 e. The number of aryl methyl sites for hydroxylation is 2. The van der Waals surface area contributed by atoms with Crippen molar-refractivity contribution in [1.29, 1.82) is 0 Å². The Bertz CT molecular complexity index is 822. The molecule has 0 spiro atoms. The van der Waals surface area contributed by atoms with Crippen molar-refractivity contribution in [2.75, 3.05) is 13.1 Å². The number of nitrogens with zero attached hydrogens (tertiary/aromatic N) is 5. The van der Waals surface area contributed by atoms with Gasteiger partial charge in [0.15, 0.2) is 0 Å². The van der Waals surface area contributed by atoms with Gasteiger partial charge in [-0.2, -0.15) is 10.2 Å². The summed E-state index contributed by atoms with van der Waals surface area (Å²) < 4.78 is 1.98. The molecule has 25 heavy (non-hydrogen) atoms. The third-order valence-corrected chi connectivity index (χ3v) is 5.05. The number of H-pyrrole nitrogens is 1. The first-order chi connectivity index (χ1) is 12.2. The van der Waals surface area contributed by atoms with E-state index in [2.05, 4.69) is 51.2 Å². The van der Waals surface area contributed by atoms with Crippen LogP contribution in [0.5, 0.6) is 0 Å². The van der Waals surface area contributed by atoms with Crippen LogP contribution in [0.2, 0.25) is 0 Å². The van der Waals surface area contributed by atoms with Crippen molar-refractivity contribution in [2.24, 2.45) is 0 Å². The molecule has 3 heterocycles. The zero-order chi connectivity index (χ0) is 17.2. The van der Waals surface area contributed by atoms with Gasteiger partial charge in [0.05, 0.1) is 5.69 Å². The number of piperidine rings is 1. The van der Waals surface area contributed by atoms with Gasteiger partial charge in [-0.1, -0.05) is 6.07 Å². The molecule has 1 fully saturated rings. The van der Waals surface area contributed by atoms with E-state index in [0.717, 1.165) is 25.5 Å². The molecule has 0 amide bonds.